The maximum Gasteiger partial charge on any atom is 0.335 e. The number of carbonyl (C=O) groups excluding carboxylic acids is 1. The Bertz CT molecular complexity index is 513. The molecule has 0 aliphatic carbocycles. The molecule has 0 spiro atoms. The SMILES string of the molecule is O=C(O)c1ccc(N2C(=O)CSC2=S)cc1[O-]. The maximum atomic E-state index is 11.5. The van der Waals surface area contributed by atoms with E-state index in [-0.39, 0.29) is 17.2 Å². The number of carbonyl (C=O) groups is 2. The largest absolute Gasteiger partial charge is 0.872 e. The van der Waals surface area contributed by atoms with Crippen molar-refractivity contribution in [3.8, 4) is 5.75 Å². The van der Waals surface area contributed by atoms with Crippen LogP contribution in [-0.4, -0.2) is 27.1 Å². The number of thiocarbonyl (C=S) groups is 1. The molecule has 0 atom stereocenters. The molecule has 1 saturated heterocycles. The van der Waals surface area contributed by atoms with Gasteiger partial charge in [0.15, 0.2) is 0 Å². The predicted molar refractivity (Wildman–Crippen MR) is 65.4 cm³/mol. The molecule has 1 aromatic rings. The second kappa shape index (κ2) is 4.34. The van der Waals surface area contributed by atoms with Gasteiger partial charge in [-0.1, -0.05) is 29.7 Å². The Morgan fingerprint density at radius 1 is 1.53 bits per heavy atom. The number of benzene rings is 1. The summed E-state index contributed by atoms with van der Waals surface area (Å²) in [5.41, 5.74) is -0.000956. The molecule has 1 aromatic carbocycles. The van der Waals surface area contributed by atoms with Crippen molar-refractivity contribution in [2.45, 2.75) is 0 Å². The molecular weight excluding hydrogens is 262 g/mol. The highest BCUT2D eigenvalue weighted by Gasteiger charge is 2.28. The summed E-state index contributed by atoms with van der Waals surface area (Å²) in [5.74, 6) is -1.88. The van der Waals surface area contributed by atoms with E-state index in [2.05, 4.69) is 0 Å². The van der Waals surface area contributed by atoms with Gasteiger partial charge in [-0.2, -0.15) is 0 Å². The summed E-state index contributed by atoms with van der Waals surface area (Å²) >= 11 is 6.19. The first kappa shape index (κ1) is 11.9. The molecule has 1 amide bonds. The van der Waals surface area contributed by atoms with E-state index < -0.39 is 11.7 Å². The summed E-state index contributed by atoms with van der Waals surface area (Å²) < 4.78 is 0.373. The summed E-state index contributed by atoms with van der Waals surface area (Å²) in [7, 11) is 0. The number of anilines is 1. The van der Waals surface area contributed by atoms with Gasteiger partial charge in [0, 0.05) is 5.69 Å². The molecule has 0 aromatic heterocycles. The van der Waals surface area contributed by atoms with Gasteiger partial charge in [-0.25, -0.2) is 4.79 Å². The first-order valence-corrected chi connectivity index (χ1v) is 5.94. The Balaban J connectivity index is 2.41. The highest BCUT2D eigenvalue weighted by Crippen LogP contribution is 2.29. The fourth-order valence-electron chi connectivity index (χ4n) is 1.43. The van der Waals surface area contributed by atoms with Crippen LogP contribution in [0.15, 0.2) is 18.2 Å². The summed E-state index contributed by atoms with van der Waals surface area (Å²) in [5, 5.41) is 20.2. The van der Waals surface area contributed by atoms with Crippen LogP contribution in [0.4, 0.5) is 5.69 Å². The van der Waals surface area contributed by atoms with Crippen molar-refractivity contribution in [1.82, 2.24) is 0 Å². The number of carboxylic acids is 1. The van der Waals surface area contributed by atoms with Gasteiger partial charge in [-0.3, -0.25) is 9.69 Å². The third-order valence-corrected chi connectivity index (χ3v) is 3.56. The summed E-state index contributed by atoms with van der Waals surface area (Å²) in [6, 6.07) is 3.69. The average Bonchev–Trinajstić information content (AvgIpc) is 2.58. The van der Waals surface area contributed by atoms with Crippen LogP contribution in [0.3, 0.4) is 0 Å². The molecule has 1 N–H and O–H groups in total. The van der Waals surface area contributed by atoms with Crippen LogP contribution in [0.25, 0.3) is 0 Å². The standard InChI is InChI=1S/C10H7NO4S2/c12-7-3-5(1-2-6(7)9(14)15)11-8(13)4-17-10(11)16/h1-3,12H,4H2,(H,14,15)/p-1. The highest BCUT2D eigenvalue weighted by atomic mass is 32.2. The van der Waals surface area contributed by atoms with E-state index in [9.17, 15) is 14.7 Å². The minimum atomic E-state index is -1.29. The minimum Gasteiger partial charge on any atom is -0.872 e. The smallest absolute Gasteiger partial charge is 0.335 e. The number of nitrogens with zero attached hydrogens (tertiary/aromatic N) is 1. The monoisotopic (exact) mass is 268 g/mol. The first-order valence-electron chi connectivity index (χ1n) is 4.55. The second-order valence-electron chi connectivity index (χ2n) is 3.27. The summed E-state index contributed by atoms with van der Waals surface area (Å²) in [6.45, 7) is 0. The molecule has 0 radical (unpaired) electrons. The van der Waals surface area contributed by atoms with Crippen molar-refractivity contribution < 1.29 is 19.8 Å². The molecule has 1 aliphatic heterocycles. The van der Waals surface area contributed by atoms with Crippen LogP contribution in [0.2, 0.25) is 0 Å². The van der Waals surface area contributed by atoms with Gasteiger partial charge in [-0.05, 0) is 18.2 Å². The van der Waals surface area contributed by atoms with E-state index in [1.165, 1.54) is 28.8 Å². The Kier molecular flexibility index (Phi) is 3.03. The van der Waals surface area contributed by atoms with Crippen molar-refractivity contribution in [3.63, 3.8) is 0 Å². The van der Waals surface area contributed by atoms with Crippen LogP contribution in [0.5, 0.6) is 5.75 Å². The summed E-state index contributed by atoms with van der Waals surface area (Å²) in [4.78, 5) is 23.4. The zero-order valence-electron chi connectivity index (χ0n) is 8.37. The Morgan fingerprint density at radius 2 is 2.24 bits per heavy atom. The maximum absolute atomic E-state index is 11.5. The highest BCUT2D eigenvalue weighted by molar-refractivity contribution is 8.24. The van der Waals surface area contributed by atoms with E-state index in [1.54, 1.807) is 0 Å². The number of rotatable bonds is 2. The van der Waals surface area contributed by atoms with Crippen LogP contribution in [0, 0.1) is 0 Å². The van der Waals surface area contributed by atoms with Crippen molar-refractivity contribution in [3.05, 3.63) is 23.8 Å². The number of hydrogen-bond donors (Lipinski definition) is 1. The molecular formula is C10H6NO4S2-. The van der Waals surface area contributed by atoms with Crippen LogP contribution < -0.4 is 10.0 Å². The lowest BCUT2D eigenvalue weighted by atomic mass is 10.1. The fraction of sp³-hybridized carbons (Fsp3) is 0.100. The lowest BCUT2D eigenvalue weighted by molar-refractivity contribution is -0.268. The van der Waals surface area contributed by atoms with E-state index in [4.69, 9.17) is 17.3 Å². The van der Waals surface area contributed by atoms with Crippen LogP contribution in [-0.2, 0) is 4.79 Å². The lowest BCUT2D eigenvalue weighted by Crippen LogP contribution is -2.28. The molecule has 2 rings (SSSR count). The molecule has 0 bridgehead atoms. The van der Waals surface area contributed by atoms with Gasteiger partial charge >= 0.3 is 5.97 Å². The number of amides is 1. The van der Waals surface area contributed by atoms with Crippen molar-refractivity contribution in [1.29, 1.82) is 0 Å². The van der Waals surface area contributed by atoms with Crippen molar-refractivity contribution >= 4 is 45.9 Å². The third kappa shape index (κ3) is 2.11. The van der Waals surface area contributed by atoms with Gasteiger partial charge in [0.1, 0.15) is 4.32 Å². The Hall–Kier alpha value is -1.60. The van der Waals surface area contributed by atoms with E-state index in [1.807, 2.05) is 0 Å². The fourth-order valence-corrected chi connectivity index (χ4v) is 2.53. The molecule has 0 saturated carbocycles. The van der Waals surface area contributed by atoms with Gasteiger partial charge in [0.25, 0.3) is 0 Å². The Labute approximate surface area is 106 Å². The number of thioether (sulfide) groups is 1. The third-order valence-electron chi connectivity index (χ3n) is 2.20. The normalized spacial score (nSPS) is 15.4. The average molecular weight is 268 g/mol. The lowest BCUT2D eigenvalue weighted by Gasteiger charge is -2.18. The predicted octanol–water partition coefficient (Wildman–Crippen LogP) is 0.823. The second-order valence-corrected chi connectivity index (χ2v) is 4.88. The minimum absolute atomic E-state index is 0.206. The number of hydrogen-bond acceptors (Lipinski definition) is 5. The molecule has 7 heteroatoms. The van der Waals surface area contributed by atoms with E-state index in [0.29, 0.717) is 10.0 Å². The van der Waals surface area contributed by atoms with Crippen LogP contribution >= 0.6 is 24.0 Å². The molecule has 0 unspecified atom stereocenters. The topological polar surface area (TPSA) is 80.7 Å². The zero-order chi connectivity index (χ0) is 12.6. The quantitative estimate of drug-likeness (QED) is 0.800. The molecule has 88 valence electrons. The zero-order valence-corrected chi connectivity index (χ0v) is 10.0. The van der Waals surface area contributed by atoms with Gasteiger partial charge in [-0.15, -0.1) is 0 Å². The van der Waals surface area contributed by atoms with Crippen LogP contribution in [0.1, 0.15) is 10.4 Å². The molecule has 1 fully saturated rings. The Morgan fingerprint density at radius 3 is 2.71 bits per heavy atom. The molecule has 5 nitrogen and oxygen atoms in total. The van der Waals surface area contributed by atoms with Crippen molar-refractivity contribution in [2.75, 3.05) is 10.7 Å². The molecule has 1 heterocycles. The first-order chi connectivity index (χ1) is 8.00. The van der Waals surface area contributed by atoms with Gasteiger partial charge in [0.2, 0.25) is 5.91 Å². The number of aromatic carboxylic acids is 1. The number of carboxylic acid groups (broad SMARTS) is 1. The summed E-state index contributed by atoms with van der Waals surface area (Å²) in [6.07, 6.45) is 0. The molecule has 17 heavy (non-hydrogen) atoms. The molecule has 1 aliphatic rings. The van der Waals surface area contributed by atoms with Gasteiger partial charge < -0.3 is 10.2 Å². The van der Waals surface area contributed by atoms with Gasteiger partial charge in [0.05, 0.1) is 11.3 Å². The van der Waals surface area contributed by atoms with Crippen molar-refractivity contribution in [2.24, 2.45) is 0 Å². The van der Waals surface area contributed by atoms with E-state index in [0.717, 1.165) is 6.07 Å². The van der Waals surface area contributed by atoms with E-state index >= 15 is 0 Å².